The Bertz CT molecular complexity index is 159. The molecule has 84 valence electrons. The van der Waals surface area contributed by atoms with Crippen LogP contribution in [0.25, 0.3) is 0 Å². The predicted molar refractivity (Wildman–Crippen MR) is 51.7 cm³/mol. The first kappa shape index (κ1) is 13.3. The van der Waals surface area contributed by atoms with Crippen LogP contribution in [-0.2, 0) is 0 Å². The van der Waals surface area contributed by atoms with Gasteiger partial charge in [-0.05, 0) is 25.9 Å². The molecule has 0 amide bonds. The van der Waals surface area contributed by atoms with Crippen molar-refractivity contribution < 1.29 is 15.1 Å². The summed E-state index contributed by atoms with van der Waals surface area (Å²) in [6.45, 7) is 2.39. The van der Waals surface area contributed by atoms with E-state index in [-0.39, 0.29) is 0 Å². The molecule has 1 fully saturated rings. The van der Waals surface area contributed by atoms with Crippen molar-refractivity contribution in [2.24, 2.45) is 0 Å². The summed E-state index contributed by atoms with van der Waals surface area (Å²) < 4.78 is 0. The Labute approximate surface area is 83.1 Å². The van der Waals surface area contributed by atoms with Crippen molar-refractivity contribution in [2.75, 3.05) is 26.3 Å². The average molecular weight is 206 g/mol. The van der Waals surface area contributed by atoms with Gasteiger partial charge in [-0.15, -0.1) is 0 Å². The fourth-order valence-corrected chi connectivity index (χ4v) is 0.790. The lowest BCUT2D eigenvalue weighted by Crippen LogP contribution is -2.42. The maximum atomic E-state index is 9.97. The highest BCUT2D eigenvalue weighted by molar-refractivity contribution is 4.69. The molecule has 1 saturated heterocycles. The molecule has 14 heavy (non-hydrogen) atoms. The molecule has 0 aromatic rings. The van der Waals surface area contributed by atoms with Crippen LogP contribution in [0.1, 0.15) is 19.8 Å². The summed E-state index contributed by atoms with van der Waals surface area (Å²) >= 11 is 0. The molecule has 6 heteroatoms. The topological polar surface area (TPSA) is 95.6 Å². The van der Waals surface area contributed by atoms with Crippen LogP contribution in [0.15, 0.2) is 0 Å². The normalized spacial score (nSPS) is 15.9. The van der Waals surface area contributed by atoms with E-state index < -0.39 is 23.7 Å². The van der Waals surface area contributed by atoms with E-state index in [0.29, 0.717) is 0 Å². The summed E-state index contributed by atoms with van der Waals surface area (Å²) in [5, 5.41) is 29.9. The highest BCUT2D eigenvalue weighted by Gasteiger charge is 2.35. The quantitative estimate of drug-likeness (QED) is 0.422. The van der Waals surface area contributed by atoms with Gasteiger partial charge in [-0.25, -0.2) is 0 Å². The monoisotopic (exact) mass is 206 g/mol. The molecule has 1 aliphatic heterocycles. The van der Waals surface area contributed by atoms with Gasteiger partial charge >= 0.3 is 0 Å². The van der Waals surface area contributed by atoms with Gasteiger partial charge in [0.15, 0.2) is 0 Å². The lowest BCUT2D eigenvalue weighted by atomic mass is 10.1. The van der Waals surface area contributed by atoms with Crippen molar-refractivity contribution in [3.63, 3.8) is 0 Å². The predicted octanol–water partition coefficient (Wildman–Crippen LogP) is -0.624. The molecule has 1 rings (SSSR count). The number of nitrogens with zero attached hydrogens (tertiary/aromatic N) is 1. The minimum Gasteiger partial charge on any atom is -0.389 e. The molecular weight excluding hydrogens is 188 g/mol. The van der Waals surface area contributed by atoms with Gasteiger partial charge < -0.3 is 15.5 Å². The Morgan fingerprint density at radius 1 is 1.36 bits per heavy atom. The fraction of sp³-hybridized carbons (Fsp3) is 1.00. The summed E-state index contributed by atoms with van der Waals surface area (Å²) in [5.74, 6) is 0. The average Bonchev–Trinajstić information content (AvgIpc) is 2.74. The van der Waals surface area contributed by atoms with E-state index in [4.69, 9.17) is 10.2 Å². The Morgan fingerprint density at radius 3 is 1.86 bits per heavy atom. The minimum atomic E-state index is -1.58. The molecule has 0 saturated carbocycles. The number of aliphatic hydroxyl groups excluding tert-OH is 2. The molecule has 0 spiro atoms. The standard InChI is InChI=1S/C4H9NO4.C4H9N/c1-4(2-6,3-7)5(8)9;1-2-4-5-3-1/h6-7H,2-3H2,1H3;5H,1-4H2. The summed E-state index contributed by atoms with van der Waals surface area (Å²) in [5.41, 5.74) is -1.58. The third kappa shape index (κ3) is 4.50. The highest BCUT2D eigenvalue weighted by Crippen LogP contribution is 2.04. The third-order valence-corrected chi connectivity index (χ3v) is 2.08. The second-order valence-electron chi connectivity index (χ2n) is 3.53. The van der Waals surface area contributed by atoms with E-state index in [1.165, 1.54) is 32.9 Å². The van der Waals surface area contributed by atoms with Crippen LogP contribution in [0.2, 0.25) is 0 Å². The van der Waals surface area contributed by atoms with Gasteiger partial charge in [0.05, 0.1) is 0 Å². The van der Waals surface area contributed by atoms with E-state index in [2.05, 4.69) is 5.32 Å². The number of hydrogen-bond donors (Lipinski definition) is 3. The maximum absolute atomic E-state index is 9.97. The molecule has 0 radical (unpaired) electrons. The second kappa shape index (κ2) is 6.69. The Kier molecular flexibility index (Phi) is 6.35. The van der Waals surface area contributed by atoms with Gasteiger partial charge in [0.1, 0.15) is 13.2 Å². The molecule has 1 aliphatic rings. The van der Waals surface area contributed by atoms with Crippen LogP contribution < -0.4 is 5.32 Å². The molecule has 0 atom stereocenters. The van der Waals surface area contributed by atoms with Gasteiger partial charge in [-0.3, -0.25) is 10.1 Å². The second-order valence-corrected chi connectivity index (χ2v) is 3.53. The summed E-state index contributed by atoms with van der Waals surface area (Å²) in [6, 6.07) is 0. The number of aliphatic hydroxyl groups is 2. The third-order valence-electron chi connectivity index (χ3n) is 2.08. The lowest BCUT2D eigenvalue weighted by Gasteiger charge is -2.13. The zero-order valence-corrected chi connectivity index (χ0v) is 8.40. The molecular formula is C8H18N2O4. The zero-order chi connectivity index (χ0) is 11.0. The van der Waals surface area contributed by atoms with Gasteiger partial charge in [-0.1, -0.05) is 0 Å². The molecule has 0 unspecified atom stereocenters. The van der Waals surface area contributed by atoms with Crippen molar-refractivity contribution >= 4 is 0 Å². The van der Waals surface area contributed by atoms with Crippen molar-refractivity contribution in [3.05, 3.63) is 10.1 Å². The molecule has 3 N–H and O–H groups in total. The minimum absolute atomic E-state index is 0.642. The summed E-state index contributed by atoms with van der Waals surface area (Å²) in [4.78, 5) is 9.27. The molecule has 0 aromatic heterocycles. The van der Waals surface area contributed by atoms with Crippen LogP contribution in [0.5, 0.6) is 0 Å². The lowest BCUT2D eigenvalue weighted by molar-refractivity contribution is -0.572. The van der Waals surface area contributed by atoms with E-state index >= 15 is 0 Å². The number of rotatable bonds is 3. The van der Waals surface area contributed by atoms with Crippen molar-refractivity contribution in [3.8, 4) is 0 Å². The van der Waals surface area contributed by atoms with Crippen LogP contribution in [0.3, 0.4) is 0 Å². The molecule has 6 nitrogen and oxygen atoms in total. The van der Waals surface area contributed by atoms with Crippen molar-refractivity contribution in [1.82, 2.24) is 5.32 Å². The van der Waals surface area contributed by atoms with Crippen LogP contribution in [0, 0.1) is 10.1 Å². The smallest absolute Gasteiger partial charge is 0.264 e. The van der Waals surface area contributed by atoms with E-state index in [1.807, 2.05) is 0 Å². The van der Waals surface area contributed by atoms with Crippen molar-refractivity contribution in [1.29, 1.82) is 0 Å². The zero-order valence-electron chi connectivity index (χ0n) is 8.40. The molecule has 1 heterocycles. The van der Waals surface area contributed by atoms with E-state index in [0.717, 1.165) is 0 Å². The van der Waals surface area contributed by atoms with Crippen LogP contribution in [-0.4, -0.2) is 47.0 Å². The van der Waals surface area contributed by atoms with Gasteiger partial charge in [-0.2, -0.15) is 0 Å². The van der Waals surface area contributed by atoms with Crippen molar-refractivity contribution in [2.45, 2.75) is 25.3 Å². The first-order valence-electron chi connectivity index (χ1n) is 4.64. The fourth-order valence-electron chi connectivity index (χ4n) is 0.790. The maximum Gasteiger partial charge on any atom is 0.264 e. The molecule has 0 bridgehead atoms. The van der Waals surface area contributed by atoms with Gasteiger partial charge in [0.25, 0.3) is 5.54 Å². The van der Waals surface area contributed by atoms with Crippen LogP contribution in [0.4, 0.5) is 0 Å². The summed E-state index contributed by atoms with van der Waals surface area (Å²) in [7, 11) is 0. The Balaban J connectivity index is 0.000000280. The number of nitrogens with one attached hydrogen (secondary N) is 1. The molecule has 0 aromatic carbocycles. The van der Waals surface area contributed by atoms with Gasteiger partial charge in [0.2, 0.25) is 0 Å². The summed E-state index contributed by atoms with van der Waals surface area (Å²) in [6.07, 6.45) is 2.78. The van der Waals surface area contributed by atoms with Gasteiger partial charge in [0, 0.05) is 11.8 Å². The Hall–Kier alpha value is -0.720. The van der Waals surface area contributed by atoms with Crippen LogP contribution >= 0.6 is 0 Å². The first-order valence-corrected chi connectivity index (χ1v) is 4.64. The largest absolute Gasteiger partial charge is 0.389 e. The van der Waals surface area contributed by atoms with E-state index in [1.54, 1.807) is 0 Å². The molecule has 0 aliphatic carbocycles. The SMILES string of the molecule is C1CCNC1.CC(CO)(CO)[N+](=O)[O-]. The number of hydrogen-bond acceptors (Lipinski definition) is 5. The number of nitro groups is 1. The van der Waals surface area contributed by atoms with E-state index in [9.17, 15) is 10.1 Å². The first-order chi connectivity index (χ1) is 6.56. The Morgan fingerprint density at radius 2 is 1.79 bits per heavy atom. The highest BCUT2D eigenvalue weighted by atomic mass is 16.6.